The molecule has 1 aromatic carbocycles. The van der Waals surface area contributed by atoms with Gasteiger partial charge < -0.3 is 14.2 Å². The van der Waals surface area contributed by atoms with E-state index in [1.165, 1.54) is 24.3 Å². The second kappa shape index (κ2) is 8.59. The molecule has 0 radical (unpaired) electrons. The van der Waals surface area contributed by atoms with E-state index < -0.39 is 0 Å². The number of nitrogens with zero attached hydrogens (tertiary/aromatic N) is 2. The number of halogens is 1. The first-order valence-corrected chi connectivity index (χ1v) is 9.76. The lowest BCUT2D eigenvalue weighted by atomic mass is 9.95. The average molecular weight is 386 g/mol. The van der Waals surface area contributed by atoms with Gasteiger partial charge in [-0.2, -0.15) is 0 Å². The van der Waals surface area contributed by atoms with E-state index in [4.69, 9.17) is 4.42 Å². The quantitative estimate of drug-likeness (QED) is 0.780. The summed E-state index contributed by atoms with van der Waals surface area (Å²) >= 11 is 0. The summed E-state index contributed by atoms with van der Waals surface area (Å²) < 4.78 is 18.8. The highest BCUT2D eigenvalue weighted by molar-refractivity contribution is 5.94. The van der Waals surface area contributed by atoms with Gasteiger partial charge in [-0.05, 0) is 70.0 Å². The highest BCUT2D eigenvalue weighted by Gasteiger charge is 2.32. The fourth-order valence-electron chi connectivity index (χ4n) is 3.63. The highest BCUT2D eigenvalue weighted by Crippen LogP contribution is 2.23. The van der Waals surface area contributed by atoms with Crippen molar-refractivity contribution in [3.63, 3.8) is 0 Å². The van der Waals surface area contributed by atoms with Gasteiger partial charge >= 0.3 is 0 Å². The van der Waals surface area contributed by atoms with Crippen molar-refractivity contribution in [2.75, 3.05) is 13.1 Å². The van der Waals surface area contributed by atoms with Crippen LogP contribution < -0.4 is 0 Å². The van der Waals surface area contributed by atoms with Crippen molar-refractivity contribution in [2.24, 2.45) is 5.92 Å². The second-order valence-electron chi connectivity index (χ2n) is 7.67. The Labute approximate surface area is 165 Å². The lowest BCUT2D eigenvalue weighted by Crippen LogP contribution is -2.48. The number of hydrogen-bond donors (Lipinski definition) is 0. The van der Waals surface area contributed by atoms with Crippen LogP contribution in [0.2, 0.25) is 0 Å². The predicted octanol–water partition coefficient (Wildman–Crippen LogP) is 4.02. The molecule has 0 aliphatic carbocycles. The topological polar surface area (TPSA) is 53.8 Å². The maximum absolute atomic E-state index is 13.2. The first-order chi connectivity index (χ1) is 13.3. The van der Waals surface area contributed by atoms with Crippen LogP contribution in [0.1, 0.15) is 48.6 Å². The Hall–Kier alpha value is -2.63. The third-order valence-electron chi connectivity index (χ3n) is 5.18. The molecule has 6 heteroatoms. The van der Waals surface area contributed by atoms with E-state index in [1.54, 1.807) is 4.90 Å². The lowest BCUT2D eigenvalue weighted by Gasteiger charge is -2.36. The first-order valence-electron chi connectivity index (χ1n) is 9.76. The highest BCUT2D eigenvalue weighted by atomic mass is 19.1. The number of furan rings is 1. The number of benzene rings is 1. The van der Waals surface area contributed by atoms with Crippen LogP contribution in [-0.4, -0.2) is 40.7 Å². The summed E-state index contributed by atoms with van der Waals surface area (Å²) in [6, 6.07) is 9.36. The molecular weight excluding hydrogens is 359 g/mol. The Morgan fingerprint density at radius 2 is 1.93 bits per heavy atom. The van der Waals surface area contributed by atoms with Gasteiger partial charge in [0.25, 0.3) is 5.91 Å². The Balaban J connectivity index is 1.69. The molecule has 0 spiro atoms. The van der Waals surface area contributed by atoms with E-state index in [-0.39, 0.29) is 29.6 Å². The van der Waals surface area contributed by atoms with Crippen LogP contribution in [0.5, 0.6) is 0 Å². The number of likely N-dealkylation sites (tertiary alicyclic amines) is 1. The van der Waals surface area contributed by atoms with E-state index in [0.29, 0.717) is 25.2 Å². The van der Waals surface area contributed by atoms with Crippen molar-refractivity contribution in [1.29, 1.82) is 0 Å². The van der Waals surface area contributed by atoms with Crippen LogP contribution in [-0.2, 0) is 11.3 Å². The number of piperidine rings is 1. The van der Waals surface area contributed by atoms with Crippen LogP contribution >= 0.6 is 0 Å². The predicted molar refractivity (Wildman–Crippen MR) is 104 cm³/mol. The molecule has 5 nitrogen and oxygen atoms in total. The molecule has 0 N–H and O–H groups in total. The third kappa shape index (κ3) is 4.61. The minimum Gasteiger partial charge on any atom is -0.464 e. The van der Waals surface area contributed by atoms with Crippen LogP contribution in [0.15, 0.2) is 40.8 Å². The average Bonchev–Trinajstić information content (AvgIpc) is 3.10. The van der Waals surface area contributed by atoms with E-state index in [1.807, 2.05) is 37.8 Å². The molecule has 1 saturated heterocycles. The van der Waals surface area contributed by atoms with E-state index >= 15 is 0 Å². The van der Waals surface area contributed by atoms with E-state index in [9.17, 15) is 14.0 Å². The summed E-state index contributed by atoms with van der Waals surface area (Å²) in [7, 11) is 0. The maximum Gasteiger partial charge on any atom is 0.253 e. The summed E-state index contributed by atoms with van der Waals surface area (Å²) in [6.07, 6.45) is 1.53. The Bertz CT molecular complexity index is 829. The van der Waals surface area contributed by atoms with Crippen molar-refractivity contribution < 1.29 is 18.4 Å². The molecule has 2 amide bonds. The minimum absolute atomic E-state index is 0.0288. The lowest BCUT2D eigenvalue weighted by molar-refractivity contribution is -0.139. The van der Waals surface area contributed by atoms with Gasteiger partial charge in [0.1, 0.15) is 17.3 Å². The molecule has 2 heterocycles. The summed E-state index contributed by atoms with van der Waals surface area (Å²) in [5.74, 6) is 0.853. The molecule has 1 aliphatic rings. The maximum atomic E-state index is 13.2. The number of aryl methyl sites for hydroxylation is 1. The summed E-state index contributed by atoms with van der Waals surface area (Å²) in [4.78, 5) is 29.5. The van der Waals surface area contributed by atoms with Crippen LogP contribution in [0, 0.1) is 18.7 Å². The molecule has 1 aromatic heterocycles. The van der Waals surface area contributed by atoms with E-state index in [0.717, 1.165) is 24.4 Å². The largest absolute Gasteiger partial charge is 0.464 e. The summed E-state index contributed by atoms with van der Waals surface area (Å²) in [5.41, 5.74) is 0.446. The number of carbonyl (C=O) groups is 2. The van der Waals surface area contributed by atoms with Gasteiger partial charge in [-0.3, -0.25) is 9.59 Å². The van der Waals surface area contributed by atoms with Gasteiger partial charge in [-0.15, -0.1) is 0 Å². The van der Waals surface area contributed by atoms with Crippen molar-refractivity contribution in [2.45, 2.75) is 46.2 Å². The van der Waals surface area contributed by atoms with Gasteiger partial charge in [-0.25, -0.2) is 4.39 Å². The van der Waals surface area contributed by atoms with Crippen molar-refractivity contribution in [3.05, 3.63) is 59.3 Å². The zero-order valence-electron chi connectivity index (χ0n) is 16.7. The zero-order valence-corrected chi connectivity index (χ0v) is 16.7. The molecule has 3 rings (SSSR count). The van der Waals surface area contributed by atoms with Gasteiger partial charge in [0.05, 0.1) is 12.5 Å². The fraction of sp³-hybridized carbons (Fsp3) is 0.455. The standard InChI is InChI=1S/C22H27FN2O3/c1-15(2)25(14-20-11-6-16(3)28-20)22(27)18-5-4-12-24(13-18)21(26)17-7-9-19(23)10-8-17/h6-11,15,18H,4-5,12-14H2,1-3H3. The molecule has 2 aromatic rings. The smallest absolute Gasteiger partial charge is 0.253 e. The molecule has 1 atom stereocenters. The van der Waals surface area contributed by atoms with Gasteiger partial charge in [0, 0.05) is 24.7 Å². The zero-order chi connectivity index (χ0) is 20.3. The summed E-state index contributed by atoms with van der Waals surface area (Å²) in [5, 5.41) is 0. The summed E-state index contributed by atoms with van der Waals surface area (Å²) in [6.45, 7) is 7.27. The molecule has 1 fully saturated rings. The Kier molecular flexibility index (Phi) is 6.17. The molecule has 1 unspecified atom stereocenters. The monoisotopic (exact) mass is 386 g/mol. The van der Waals surface area contributed by atoms with Gasteiger partial charge in [0.2, 0.25) is 5.91 Å². The molecule has 1 aliphatic heterocycles. The van der Waals surface area contributed by atoms with Gasteiger partial charge in [-0.1, -0.05) is 0 Å². The minimum atomic E-state index is -0.371. The third-order valence-corrected chi connectivity index (χ3v) is 5.18. The normalized spacial score (nSPS) is 17.0. The van der Waals surface area contributed by atoms with Crippen molar-refractivity contribution in [1.82, 2.24) is 9.80 Å². The fourth-order valence-corrected chi connectivity index (χ4v) is 3.63. The molecule has 0 bridgehead atoms. The van der Waals surface area contributed by atoms with Crippen LogP contribution in [0.25, 0.3) is 0 Å². The Morgan fingerprint density at radius 1 is 1.21 bits per heavy atom. The van der Waals surface area contributed by atoms with Crippen LogP contribution in [0.3, 0.4) is 0 Å². The molecule has 0 saturated carbocycles. The SMILES string of the molecule is Cc1ccc(CN(C(=O)C2CCCN(C(=O)c3ccc(F)cc3)C2)C(C)C)o1. The Morgan fingerprint density at radius 3 is 2.54 bits per heavy atom. The number of hydrogen-bond acceptors (Lipinski definition) is 3. The first kappa shape index (κ1) is 20.1. The van der Waals surface area contributed by atoms with Crippen molar-refractivity contribution >= 4 is 11.8 Å². The second-order valence-corrected chi connectivity index (χ2v) is 7.67. The number of rotatable bonds is 5. The molecule has 150 valence electrons. The molecular formula is C22H27FN2O3. The van der Waals surface area contributed by atoms with E-state index in [2.05, 4.69) is 0 Å². The van der Waals surface area contributed by atoms with Crippen molar-refractivity contribution in [3.8, 4) is 0 Å². The number of carbonyl (C=O) groups excluding carboxylic acids is 2. The van der Waals surface area contributed by atoms with Crippen LogP contribution in [0.4, 0.5) is 4.39 Å². The number of amides is 2. The van der Waals surface area contributed by atoms with Gasteiger partial charge in [0.15, 0.2) is 0 Å². The molecule has 28 heavy (non-hydrogen) atoms.